The minimum absolute atomic E-state index is 0.275. The molecule has 0 aliphatic carbocycles. The minimum atomic E-state index is -5.48. The molecule has 11 heteroatoms. The molecule has 1 aromatic carbocycles. The Labute approximate surface area is 106 Å². The molecule has 0 saturated heterocycles. The van der Waals surface area contributed by atoms with Crippen LogP contribution in [0.5, 0.6) is 0 Å². The molecule has 0 aromatic heterocycles. The van der Waals surface area contributed by atoms with Crippen LogP contribution in [-0.4, -0.2) is 10.8 Å². The third-order valence-corrected chi connectivity index (χ3v) is 2.21. The smallest absolute Gasteiger partial charge is 0.365 e. The van der Waals surface area contributed by atoms with E-state index in [0.717, 1.165) is 0 Å². The molecule has 20 heavy (non-hydrogen) atoms. The number of primary amides is 1. The molecule has 2 N–H and O–H groups in total. The van der Waals surface area contributed by atoms with Gasteiger partial charge in [-0.05, 0) is 6.07 Å². The normalized spacial score (nSPS) is 12.3. The SMILES string of the molecule is NC(=O)c1cc(C(F)(F)F)c(C(F)(F)F)cc1[N+](=O)[O-]. The van der Waals surface area contributed by atoms with Crippen LogP contribution in [0.4, 0.5) is 32.0 Å². The van der Waals surface area contributed by atoms with Gasteiger partial charge in [0.15, 0.2) is 0 Å². The summed E-state index contributed by atoms with van der Waals surface area (Å²) in [4.78, 5) is 19.9. The van der Waals surface area contributed by atoms with Crippen molar-refractivity contribution in [2.75, 3.05) is 0 Å². The maximum atomic E-state index is 12.5. The average Bonchev–Trinajstić information content (AvgIpc) is 2.24. The summed E-state index contributed by atoms with van der Waals surface area (Å²) in [6.07, 6.45) is -10.9. The second kappa shape index (κ2) is 4.65. The summed E-state index contributed by atoms with van der Waals surface area (Å²) >= 11 is 0. The van der Waals surface area contributed by atoms with Crippen LogP contribution < -0.4 is 5.73 Å². The van der Waals surface area contributed by atoms with Gasteiger partial charge in [-0.1, -0.05) is 0 Å². The number of nitrogens with two attached hydrogens (primary N) is 1. The van der Waals surface area contributed by atoms with Crippen molar-refractivity contribution in [3.8, 4) is 0 Å². The monoisotopic (exact) mass is 302 g/mol. The van der Waals surface area contributed by atoms with Crippen molar-refractivity contribution in [1.29, 1.82) is 0 Å². The molecule has 1 rings (SSSR count). The second-order valence-electron chi connectivity index (χ2n) is 3.53. The van der Waals surface area contributed by atoms with E-state index >= 15 is 0 Å². The van der Waals surface area contributed by atoms with Gasteiger partial charge >= 0.3 is 12.4 Å². The molecule has 5 nitrogen and oxygen atoms in total. The minimum Gasteiger partial charge on any atom is -0.365 e. The van der Waals surface area contributed by atoms with Crippen molar-refractivity contribution in [2.45, 2.75) is 12.4 Å². The predicted molar refractivity (Wildman–Crippen MR) is 51.6 cm³/mol. The molecule has 0 atom stereocenters. The van der Waals surface area contributed by atoms with Crippen molar-refractivity contribution in [3.63, 3.8) is 0 Å². The summed E-state index contributed by atoms with van der Waals surface area (Å²) in [6, 6.07) is -0.633. The Morgan fingerprint density at radius 3 is 1.75 bits per heavy atom. The number of amides is 1. The van der Waals surface area contributed by atoms with Gasteiger partial charge in [-0.3, -0.25) is 14.9 Å². The number of hydrogen-bond acceptors (Lipinski definition) is 3. The Kier molecular flexibility index (Phi) is 3.66. The molecular formula is C9H4F6N2O3. The first-order valence-corrected chi connectivity index (χ1v) is 4.62. The maximum Gasteiger partial charge on any atom is 0.417 e. The van der Waals surface area contributed by atoms with Gasteiger partial charge in [0.2, 0.25) is 0 Å². The maximum absolute atomic E-state index is 12.5. The molecule has 0 heterocycles. The molecule has 0 aliphatic heterocycles. The van der Waals surface area contributed by atoms with E-state index in [4.69, 9.17) is 0 Å². The largest absolute Gasteiger partial charge is 0.417 e. The number of rotatable bonds is 2. The Hall–Kier alpha value is -2.33. The van der Waals surface area contributed by atoms with Gasteiger partial charge in [0.1, 0.15) is 5.56 Å². The Morgan fingerprint density at radius 1 is 1.05 bits per heavy atom. The molecule has 0 spiro atoms. The number of nitro benzene ring substituents is 1. The average molecular weight is 302 g/mol. The summed E-state index contributed by atoms with van der Waals surface area (Å²) in [5.74, 6) is -1.64. The molecule has 0 unspecified atom stereocenters. The zero-order valence-corrected chi connectivity index (χ0v) is 9.17. The highest BCUT2D eigenvalue weighted by Crippen LogP contribution is 2.42. The molecule has 0 radical (unpaired) electrons. The number of benzene rings is 1. The standard InChI is InChI=1S/C9H4F6N2O3/c10-8(11,12)4-1-3(7(16)18)6(17(19)20)2-5(4)9(13,14)15/h1-2H,(H2,16,18). The highest BCUT2D eigenvalue weighted by Gasteiger charge is 2.45. The number of nitrogens with zero attached hydrogens (tertiary/aromatic N) is 1. The summed E-state index contributed by atoms with van der Waals surface area (Å²) in [5, 5.41) is 10.5. The van der Waals surface area contributed by atoms with E-state index in [1.807, 2.05) is 0 Å². The van der Waals surface area contributed by atoms with E-state index in [2.05, 4.69) is 5.73 Å². The van der Waals surface area contributed by atoms with E-state index in [0.29, 0.717) is 0 Å². The highest BCUT2D eigenvalue weighted by atomic mass is 19.4. The lowest BCUT2D eigenvalue weighted by molar-refractivity contribution is -0.385. The summed E-state index contributed by atoms with van der Waals surface area (Å²) < 4.78 is 75.1. The van der Waals surface area contributed by atoms with Gasteiger partial charge in [-0.15, -0.1) is 0 Å². The third-order valence-electron chi connectivity index (χ3n) is 2.21. The number of nitro groups is 1. The number of carbonyl (C=O) groups is 1. The van der Waals surface area contributed by atoms with Crippen LogP contribution in [0.15, 0.2) is 12.1 Å². The number of carbonyl (C=O) groups excluding carboxylic acids is 1. The fraction of sp³-hybridized carbons (Fsp3) is 0.222. The van der Waals surface area contributed by atoms with Crippen LogP contribution in [0.25, 0.3) is 0 Å². The summed E-state index contributed by atoms with van der Waals surface area (Å²) in [5.41, 5.74) is -2.55. The van der Waals surface area contributed by atoms with Crippen molar-refractivity contribution < 1.29 is 36.1 Å². The number of alkyl halides is 6. The lowest BCUT2D eigenvalue weighted by Gasteiger charge is -2.16. The fourth-order valence-electron chi connectivity index (χ4n) is 1.41. The first-order valence-electron chi connectivity index (χ1n) is 4.62. The van der Waals surface area contributed by atoms with Gasteiger partial charge in [-0.25, -0.2) is 0 Å². The van der Waals surface area contributed by atoms with E-state index < -0.39 is 45.6 Å². The van der Waals surface area contributed by atoms with Gasteiger partial charge in [0, 0.05) is 6.07 Å². The molecule has 0 fully saturated rings. The quantitative estimate of drug-likeness (QED) is 0.517. The van der Waals surface area contributed by atoms with Crippen molar-refractivity contribution >= 4 is 11.6 Å². The highest BCUT2D eigenvalue weighted by molar-refractivity contribution is 5.97. The van der Waals surface area contributed by atoms with Gasteiger partial charge < -0.3 is 5.73 Å². The third kappa shape index (κ3) is 2.97. The van der Waals surface area contributed by atoms with E-state index in [1.165, 1.54) is 0 Å². The number of hydrogen-bond donors (Lipinski definition) is 1. The molecule has 0 saturated carbocycles. The second-order valence-corrected chi connectivity index (χ2v) is 3.53. The van der Waals surface area contributed by atoms with Crippen LogP contribution in [-0.2, 0) is 12.4 Å². The predicted octanol–water partition coefficient (Wildman–Crippen LogP) is 2.73. The Balaban J connectivity index is 3.80. The van der Waals surface area contributed by atoms with Crippen molar-refractivity contribution in [3.05, 3.63) is 38.9 Å². The van der Waals surface area contributed by atoms with Gasteiger partial charge in [0.05, 0.1) is 16.1 Å². The molecule has 0 bridgehead atoms. The van der Waals surface area contributed by atoms with Crippen molar-refractivity contribution in [1.82, 2.24) is 0 Å². The molecule has 0 aliphatic rings. The Bertz CT molecular complexity index is 527. The first kappa shape index (κ1) is 15.7. The van der Waals surface area contributed by atoms with Gasteiger partial charge in [-0.2, -0.15) is 26.3 Å². The van der Waals surface area contributed by atoms with Gasteiger partial charge in [0.25, 0.3) is 11.6 Å². The Morgan fingerprint density at radius 2 is 1.45 bits per heavy atom. The fourth-order valence-corrected chi connectivity index (χ4v) is 1.41. The molecular weight excluding hydrogens is 298 g/mol. The molecule has 1 aromatic rings. The zero-order valence-electron chi connectivity index (χ0n) is 9.17. The van der Waals surface area contributed by atoms with E-state index in [-0.39, 0.29) is 12.1 Å². The van der Waals surface area contributed by atoms with E-state index in [1.54, 1.807) is 0 Å². The van der Waals surface area contributed by atoms with E-state index in [9.17, 15) is 41.3 Å². The zero-order chi connectivity index (χ0) is 15.9. The topological polar surface area (TPSA) is 86.2 Å². The lowest BCUT2D eigenvalue weighted by atomic mass is 10.0. The van der Waals surface area contributed by atoms with Crippen LogP contribution >= 0.6 is 0 Å². The van der Waals surface area contributed by atoms with Crippen molar-refractivity contribution in [2.24, 2.45) is 5.73 Å². The lowest BCUT2D eigenvalue weighted by Crippen LogP contribution is -2.21. The van der Waals surface area contributed by atoms with Crippen LogP contribution in [0.2, 0.25) is 0 Å². The molecule has 1 amide bonds. The summed E-state index contributed by atoms with van der Waals surface area (Å²) in [6.45, 7) is 0. The molecule has 110 valence electrons. The summed E-state index contributed by atoms with van der Waals surface area (Å²) in [7, 11) is 0. The van der Waals surface area contributed by atoms with Crippen LogP contribution in [0, 0.1) is 10.1 Å². The van der Waals surface area contributed by atoms with Crippen LogP contribution in [0.3, 0.4) is 0 Å². The first-order chi connectivity index (χ1) is 8.85. The number of halogens is 6. The van der Waals surface area contributed by atoms with Crippen LogP contribution in [0.1, 0.15) is 21.5 Å².